The van der Waals surface area contributed by atoms with Gasteiger partial charge in [0.2, 0.25) is 5.95 Å². The van der Waals surface area contributed by atoms with E-state index in [9.17, 15) is 0 Å². The second-order valence-electron chi connectivity index (χ2n) is 4.14. The third-order valence-electron chi connectivity index (χ3n) is 2.72. The molecule has 0 amide bonds. The van der Waals surface area contributed by atoms with Gasteiger partial charge in [0.25, 0.3) is 0 Å². The molecule has 1 aliphatic carbocycles. The average Bonchev–Trinajstić information content (AvgIpc) is 2.97. The third kappa shape index (κ3) is 2.42. The van der Waals surface area contributed by atoms with E-state index >= 15 is 0 Å². The van der Waals surface area contributed by atoms with Crippen molar-refractivity contribution < 1.29 is 0 Å². The van der Waals surface area contributed by atoms with Crippen molar-refractivity contribution in [3.8, 4) is 5.69 Å². The molecule has 88 valence electrons. The van der Waals surface area contributed by atoms with Gasteiger partial charge in [0.05, 0.1) is 10.7 Å². The largest absolute Gasteiger partial charge is 0.353 e. The molecular weight excluding hydrogens is 349 g/mol. The van der Waals surface area contributed by atoms with Crippen LogP contribution in [0, 0.1) is 3.57 Å². The zero-order chi connectivity index (χ0) is 11.8. The van der Waals surface area contributed by atoms with Gasteiger partial charge in [-0.15, -0.1) is 0 Å². The van der Waals surface area contributed by atoms with Gasteiger partial charge in [-0.3, -0.25) is 4.57 Å². The van der Waals surface area contributed by atoms with Crippen LogP contribution in [0.25, 0.3) is 5.69 Å². The molecule has 1 saturated carbocycles. The van der Waals surface area contributed by atoms with E-state index in [1.807, 2.05) is 29.0 Å². The van der Waals surface area contributed by atoms with E-state index in [-0.39, 0.29) is 0 Å². The lowest BCUT2D eigenvalue weighted by molar-refractivity contribution is 1.00. The van der Waals surface area contributed by atoms with Crippen molar-refractivity contribution in [2.75, 3.05) is 5.32 Å². The van der Waals surface area contributed by atoms with Crippen LogP contribution in [0.15, 0.2) is 30.6 Å². The van der Waals surface area contributed by atoms with Crippen molar-refractivity contribution in [3.05, 3.63) is 39.2 Å². The molecule has 1 fully saturated rings. The first kappa shape index (κ1) is 11.3. The van der Waals surface area contributed by atoms with Gasteiger partial charge in [-0.05, 0) is 53.6 Å². The zero-order valence-electron chi connectivity index (χ0n) is 9.03. The first-order valence-corrected chi connectivity index (χ1v) is 6.95. The molecule has 1 aliphatic rings. The van der Waals surface area contributed by atoms with Crippen molar-refractivity contribution in [1.82, 2.24) is 9.55 Å². The normalized spacial score (nSPS) is 14.9. The van der Waals surface area contributed by atoms with Crippen molar-refractivity contribution in [1.29, 1.82) is 0 Å². The van der Waals surface area contributed by atoms with Crippen LogP contribution in [0.3, 0.4) is 0 Å². The van der Waals surface area contributed by atoms with E-state index in [1.165, 1.54) is 12.8 Å². The average molecular weight is 360 g/mol. The molecule has 0 unspecified atom stereocenters. The number of anilines is 1. The molecule has 0 saturated heterocycles. The van der Waals surface area contributed by atoms with E-state index in [2.05, 4.69) is 32.9 Å². The summed E-state index contributed by atoms with van der Waals surface area (Å²) < 4.78 is 3.13. The van der Waals surface area contributed by atoms with Crippen LogP contribution >= 0.6 is 34.2 Å². The number of imidazole rings is 1. The molecule has 2 aromatic rings. The van der Waals surface area contributed by atoms with Crippen molar-refractivity contribution in [2.24, 2.45) is 0 Å². The number of nitrogens with zero attached hydrogens (tertiary/aromatic N) is 2. The van der Waals surface area contributed by atoms with E-state index < -0.39 is 0 Å². The van der Waals surface area contributed by atoms with E-state index in [1.54, 1.807) is 6.20 Å². The summed E-state index contributed by atoms with van der Waals surface area (Å²) in [6.07, 6.45) is 6.18. The summed E-state index contributed by atoms with van der Waals surface area (Å²) >= 11 is 8.52. The van der Waals surface area contributed by atoms with Gasteiger partial charge >= 0.3 is 0 Å². The van der Waals surface area contributed by atoms with Crippen LogP contribution in [0.1, 0.15) is 12.8 Å². The van der Waals surface area contributed by atoms with Crippen LogP contribution in [0.2, 0.25) is 5.02 Å². The Morgan fingerprint density at radius 3 is 2.94 bits per heavy atom. The fraction of sp³-hybridized carbons (Fsp3) is 0.250. The number of benzene rings is 1. The lowest BCUT2D eigenvalue weighted by atomic mass is 10.3. The fourth-order valence-electron chi connectivity index (χ4n) is 1.69. The number of rotatable bonds is 3. The van der Waals surface area contributed by atoms with E-state index in [4.69, 9.17) is 11.6 Å². The zero-order valence-corrected chi connectivity index (χ0v) is 11.9. The lowest BCUT2D eigenvalue weighted by Gasteiger charge is -2.10. The number of hydrogen-bond acceptors (Lipinski definition) is 2. The molecule has 5 heteroatoms. The number of aromatic nitrogens is 2. The molecule has 1 aromatic carbocycles. The van der Waals surface area contributed by atoms with Crippen LogP contribution in [-0.4, -0.2) is 15.6 Å². The van der Waals surface area contributed by atoms with E-state index in [0.29, 0.717) is 6.04 Å². The number of halogens is 2. The Balaban J connectivity index is 1.99. The predicted octanol–water partition coefficient (Wildman–Crippen LogP) is 3.70. The highest BCUT2D eigenvalue weighted by molar-refractivity contribution is 14.1. The Kier molecular flexibility index (Phi) is 3.00. The van der Waals surface area contributed by atoms with Gasteiger partial charge in [-0.2, -0.15) is 0 Å². The minimum absolute atomic E-state index is 0.582. The molecule has 1 N–H and O–H groups in total. The molecule has 0 atom stereocenters. The Hall–Kier alpha value is -0.750. The second kappa shape index (κ2) is 4.49. The van der Waals surface area contributed by atoms with E-state index in [0.717, 1.165) is 20.2 Å². The highest BCUT2D eigenvalue weighted by Crippen LogP contribution is 2.28. The summed E-state index contributed by atoms with van der Waals surface area (Å²) in [6, 6.07) is 6.60. The summed E-state index contributed by atoms with van der Waals surface area (Å²) in [5.74, 6) is 0.871. The smallest absolute Gasteiger partial charge is 0.207 e. The topological polar surface area (TPSA) is 29.9 Å². The van der Waals surface area contributed by atoms with Gasteiger partial charge in [-0.25, -0.2) is 4.98 Å². The third-order valence-corrected chi connectivity index (χ3v) is 3.69. The summed E-state index contributed by atoms with van der Waals surface area (Å²) in [5, 5.41) is 4.14. The summed E-state index contributed by atoms with van der Waals surface area (Å²) in [7, 11) is 0. The highest BCUT2D eigenvalue weighted by Gasteiger charge is 2.23. The molecule has 0 aliphatic heterocycles. The monoisotopic (exact) mass is 359 g/mol. The second-order valence-corrected chi connectivity index (χ2v) is 5.79. The maximum atomic E-state index is 6.26. The van der Waals surface area contributed by atoms with Crippen LogP contribution in [0.4, 0.5) is 5.95 Å². The Bertz CT molecular complexity index is 548. The molecule has 0 bridgehead atoms. The number of hydrogen-bond donors (Lipinski definition) is 1. The number of nitrogens with one attached hydrogen (secondary N) is 1. The first-order chi connectivity index (χ1) is 8.24. The molecular formula is C12H11ClIN3. The van der Waals surface area contributed by atoms with Crippen LogP contribution < -0.4 is 5.32 Å². The standard InChI is InChI=1S/C12H11ClIN3/c13-10-7-8(14)1-4-11(10)17-6-5-15-12(17)16-9-2-3-9/h1,4-7,9H,2-3H2,(H,15,16). The summed E-state index contributed by atoms with van der Waals surface area (Å²) in [5.41, 5.74) is 0.965. The molecule has 3 nitrogen and oxygen atoms in total. The lowest BCUT2D eigenvalue weighted by Crippen LogP contribution is -2.07. The summed E-state index contributed by atoms with van der Waals surface area (Å²) in [6.45, 7) is 0. The molecule has 1 aromatic heterocycles. The van der Waals surface area contributed by atoms with Crippen LogP contribution in [0.5, 0.6) is 0 Å². The highest BCUT2D eigenvalue weighted by atomic mass is 127. The van der Waals surface area contributed by atoms with Crippen LogP contribution in [-0.2, 0) is 0 Å². The molecule has 0 spiro atoms. The van der Waals surface area contributed by atoms with Crippen molar-refractivity contribution >= 4 is 40.1 Å². The minimum atomic E-state index is 0.582. The van der Waals surface area contributed by atoms with Gasteiger partial charge in [0.1, 0.15) is 0 Å². The van der Waals surface area contributed by atoms with Crippen molar-refractivity contribution in [3.63, 3.8) is 0 Å². The van der Waals surface area contributed by atoms with Gasteiger partial charge in [-0.1, -0.05) is 11.6 Å². The van der Waals surface area contributed by atoms with Gasteiger partial charge in [0, 0.05) is 22.0 Å². The Morgan fingerprint density at radius 1 is 1.41 bits per heavy atom. The maximum absolute atomic E-state index is 6.26. The SMILES string of the molecule is Clc1cc(I)ccc1-n1ccnc1NC1CC1. The Labute approximate surface area is 118 Å². The molecule has 0 radical (unpaired) electrons. The molecule has 1 heterocycles. The minimum Gasteiger partial charge on any atom is -0.353 e. The Morgan fingerprint density at radius 2 is 2.24 bits per heavy atom. The van der Waals surface area contributed by atoms with Crippen molar-refractivity contribution in [2.45, 2.75) is 18.9 Å². The fourth-order valence-corrected chi connectivity index (χ4v) is 2.64. The molecule has 17 heavy (non-hydrogen) atoms. The summed E-state index contributed by atoms with van der Waals surface area (Å²) in [4.78, 5) is 4.33. The first-order valence-electron chi connectivity index (χ1n) is 5.49. The van der Waals surface area contributed by atoms with Gasteiger partial charge in [0.15, 0.2) is 0 Å². The quantitative estimate of drug-likeness (QED) is 0.847. The maximum Gasteiger partial charge on any atom is 0.207 e. The predicted molar refractivity (Wildman–Crippen MR) is 77.9 cm³/mol. The molecule has 3 rings (SSSR count). The van der Waals surface area contributed by atoms with Gasteiger partial charge < -0.3 is 5.32 Å².